The lowest BCUT2D eigenvalue weighted by atomic mass is 10.2. The van der Waals surface area contributed by atoms with Gasteiger partial charge in [-0.05, 0) is 18.6 Å². The van der Waals surface area contributed by atoms with E-state index in [2.05, 4.69) is 0 Å². The third-order valence-corrected chi connectivity index (χ3v) is 3.65. The van der Waals surface area contributed by atoms with Crippen LogP contribution in [0, 0.1) is 11.3 Å². The minimum Gasteiger partial charge on any atom is -0.482 e. The first-order chi connectivity index (χ1) is 10.6. The third kappa shape index (κ3) is 3.98. The highest BCUT2D eigenvalue weighted by molar-refractivity contribution is 5.78. The summed E-state index contributed by atoms with van der Waals surface area (Å²) in [4.78, 5) is 27.0. The van der Waals surface area contributed by atoms with Crippen LogP contribution in [0.3, 0.4) is 0 Å². The molecule has 0 bridgehead atoms. The molecule has 0 aliphatic carbocycles. The predicted molar refractivity (Wildman–Crippen MR) is 80.1 cm³/mol. The lowest BCUT2D eigenvalue weighted by Crippen LogP contribution is -2.38. The van der Waals surface area contributed by atoms with Gasteiger partial charge in [0.05, 0.1) is 5.56 Å². The second-order valence-electron chi connectivity index (χ2n) is 5.14. The number of carbonyl (C=O) groups excluding carboxylic acids is 2. The van der Waals surface area contributed by atoms with Gasteiger partial charge < -0.3 is 14.5 Å². The lowest BCUT2D eigenvalue weighted by molar-refractivity contribution is -0.134. The van der Waals surface area contributed by atoms with Crippen molar-refractivity contribution in [1.29, 1.82) is 5.26 Å². The number of carbonyl (C=O) groups is 2. The van der Waals surface area contributed by atoms with E-state index in [1.165, 1.54) is 0 Å². The number of nitrogens with zero attached hydrogens (tertiary/aromatic N) is 3. The Labute approximate surface area is 129 Å². The first kappa shape index (κ1) is 15.8. The van der Waals surface area contributed by atoms with Crippen LogP contribution in [0.4, 0.5) is 0 Å². The van der Waals surface area contributed by atoms with Crippen molar-refractivity contribution in [2.45, 2.75) is 13.3 Å². The van der Waals surface area contributed by atoms with E-state index in [0.29, 0.717) is 37.5 Å². The number of benzene rings is 1. The zero-order valence-electron chi connectivity index (χ0n) is 12.6. The van der Waals surface area contributed by atoms with Gasteiger partial charge in [-0.25, -0.2) is 0 Å². The lowest BCUT2D eigenvalue weighted by Gasteiger charge is -2.21. The van der Waals surface area contributed by atoms with Gasteiger partial charge in [-0.2, -0.15) is 5.26 Å². The molecule has 116 valence electrons. The highest BCUT2D eigenvalue weighted by Gasteiger charge is 2.20. The molecular weight excluding hydrogens is 282 g/mol. The molecule has 1 aliphatic heterocycles. The van der Waals surface area contributed by atoms with Gasteiger partial charge in [0.25, 0.3) is 5.91 Å². The van der Waals surface area contributed by atoms with Gasteiger partial charge in [0.15, 0.2) is 6.61 Å². The quantitative estimate of drug-likeness (QED) is 0.835. The SMILES string of the molecule is CC(=O)N1CCCN(C(=O)COc2ccccc2C#N)CC1. The molecule has 0 atom stereocenters. The number of hydrogen-bond acceptors (Lipinski definition) is 4. The third-order valence-electron chi connectivity index (χ3n) is 3.65. The van der Waals surface area contributed by atoms with E-state index in [0.717, 1.165) is 6.42 Å². The Balaban J connectivity index is 1.90. The minimum absolute atomic E-state index is 0.0356. The maximum absolute atomic E-state index is 12.2. The van der Waals surface area contributed by atoms with Crippen molar-refractivity contribution in [2.24, 2.45) is 0 Å². The van der Waals surface area contributed by atoms with Gasteiger partial charge in [0.2, 0.25) is 5.91 Å². The molecule has 1 aliphatic rings. The molecule has 1 fully saturated rings. The first-order valence-corrected chi connectivity index (χ1v) is 7.27. The molecule has 2 rings (SSSR count). The van der Waals surface area contributed by atoms with E-state index < -0.39 is 0 Å². The normalized spacial score (nSPS) is 14.9. The number of nitriles is 1. The van der Waals surface area contributed by atoms with E-state index in [9.17, 15) is 9.59 Å². The largest absolute Gasteiger partial charge is 0.482 e. The van der Waals surface area contributed by atoms with Gasteiger partial charge in [-0.3, -0.25) is 9.59 Å². The summed E-state index contributed by atoms with van der Waals surface area (Å²) in [6, 6.07) is 8.86. The average Bonchev–Trinajstić information content (AvgIpc) is 2.79. The zero-order valence-corrected chi connectivity index (χ0v) is 12.6. The molecular formula is C16H19N3O3. The number of rotatable bonds is 3. The molecule has 1 saturated heterocycles. The molecule has 0 aromatic heterocycles. The summed E-state index contributed by atoms with van der Waals surface area (Å²) in [7, 11) is 0. The van der Waals surface area contributed by atoms with Crippen LogP contribution in [-0.4, -0.2) is 54.4 Å². The predicted octanol–water partition coefficient (Wildman–Crippen LogP) is 1.02. The molecule has 0 spiro atoms. The molecule has 22 heavy (non-hydrogen) atoms. The molecule has 1 aromatic carbocycles. The number of para-hydroxylation sites is 1. The second-order valence-corrected chi connectivity index (χ2v) is 5.14. The molecule has 6 nitrogen and oxygen atoms in total. The van der Waals surface area contributed by atoms with Crippen molar-refractivity contribution in [3.63, 3.8) is 0 Å². The zero-order chi connectivity index (χ0) is 15.9. The Morgan fingerprint density at radius 3 is 2.59 bits per heavy atom. The van der Waals surface area contributed by atoms with Crippen molar-refractivity contribution in [2.75, 3.05) is 32.8 Å². The van der Waals surface area contributed by atoms with E-state index in [-0.39, 0.29) is 18.4 Å². The molecule has 0 N–H and O–H groups in total. The van der Waals surface area contributed by atoms with Gasteiger partial charge in [-0.1, -0.05) is 12.1 Å². The van der Waals surface area contributed by atoms with Crippen molar-refractivity contribution < 1.29 is 14.3 Å². The topological polar surface area (TPSA) is 73.6 Å². The maximum Gasteiger partial charge on any atom is 0.260 e. The number of amides is 2. The standard InChI is InChI=1S/C16H19N3O3/c1-13(20)18-7-4-8-19(10-9-18)16(21)12-22-15-6-3-2-5-14(15)11-17/h2-3,5-6H,4,7-10,12H2,1H3. The molecule has 2 amide bonds. The minimum atomic E-state index is -0.127. The van der Waals surface area contributed by atoms with Crippen LogP contribution in [0.25, 0.3) is 0 Å². The summed E-state index contributed by atoms with van der Waals surface area (Å²) >= 11 is 0. The molecule has 0 radical (unpaired) electrons. The van der Waals surface area contributed by atoms with Crippen LogP contribution in [0.1, 0.15) is 18.9 Å². The van der Waals surface area contributed by atoms with Crippen LogP contribution in [-0.2, 0) is 9.59 Å². The summed E-state index contributed by atoms with van der Waals surface area (Å²) in [6.45, 7) is 3.80. The Kier molecular flexibility index (Phi) is 5.37. The maximum atomic E-state index is 12.2. The van der Waals surface area contributed by atoms with E-state index in [1.54, 1.807) is 41.0 Å². The summed E-state index contributed by atoms with van der Waals surface area (Å²) in [6.07, 6.45) is 0.764. The molecule has 0 saturated carbocycles. The van der Waals surface area contributed by atoms with Gasteiger partial charge >= 0.3 is 0 Å². The Morgan fingerprint density at radius 1 is 1.18 bits per heavy atom. The molecule has 1 heterocycles. The summed E-state index contributed by atoms with van der Waals surface area (Å²) < 4.78 is 5.46. The monoisotopic (exact) mass is 301 g/mol. The van der Waals surface area contributed by atoms with Crippen molar-refractivity contribution in [3.8, 4) is 11.8 Å². The van der Waals surface area contributed by atoms with Gasteiger partial charge in [0.1, 0.15) is 11.8 Å². The van der Waals surface area contributed by atoms with Crippen LogP contribution in [0.15, 0.2) is 24.3 Å². The van der Waals surface area contributed by atoms with E-state index >= 15 is 0 Å². The number of ether oxygens (including phenoxy) is 1. The van der Waals surface area contributed by atoms with Crippen LogP contribution >= 0.6 is 0 Å². The second kappa shape index (κ2) is 7.46. The smallest absolute Gasteiger partial charge is 0.260 e. The Hall–Kier alpha value is -2.55. The molecule has 1 aromatic rings. The fraction of sp³-hybridized carbons (Fsp3) is 0.438. The van der Waals surface area contributed by atoms with Crippen molar-refractivity contribution in [3.05, 3.63) is 29.8 Å². The Morgan fingerprint density at radius 2 is 1.86 bits per heavy atom. The fourth-order valence-electron chi connectivity index (χ4n) is 2.40. The summed E-state index contributed by atoms with van der Waals surface area (Å²) in [5, 5.41) is 8.99. The first-order valence-electron chi connectivity index (χ1n) is 7.27. The highest BCUT2D eigenvalue weighted by atomic mass is 16.5. The van der Waals surface area contributed by atoms with Crippen LogP contribution in [0.5, 0.6) is 5.75 Å². The average molecular weight is 301 g/mol. The highest BCUT2D eigenvalue weighted by Crippen LogP contribution is 2.16. The molecule has 0 unspecified atom stereocenters. The van der Waals surface area contributed by atoms with Crippen LogP contribution in [0.2, 0.25) is 0 Å². The summed E-state index contributed by atoms with van der Waals surface area (Å²) in [5.74, 6) is 0.324. The van der Waals surface area contributed by atoms with Gasteiger partial charge in [-0.15, -0.1) is 0 Å². The summed E-state index contributed by atoms with van der Waals surface area (Å²) in [5.41, 5.74) is 0.411. The number of hydrogen-bond donors (Lipinski definition) is 0. The van der Waals surface area contributed by atoms with E-state index in [4.69, 9.17) is 10.00 Å². The van der Waals surface area contributed by atoms with Crippen molar-refractivity contribution >= 4 is 11.8 Å². The molecule has 6 heteroatoms. The van der Waals surface area contributed by atoms with Gasteiger partial charge in [0, 0.05) is 33.1 Å². The Bertz CT molecular complexity index is 595. The van der Waals surface area contributed by atoms with E-state index in [1.807, 2.05) is 6.07 Å². The van der Waals surface area contributed by atoms with Crippen LogP contribution < -0.4 is 4.74 Å². The van der Waals surface area contributed by atoms with Crippen molar-refractivity contribution in [1.82, 2.24) is 9.80 Å². The fourth-order valence-corrected chi connectivity index (χ4v) is 2.40.